The Morgan fingerprint density at radius 3 is 2.74 bits per heavy atom. The molecular weight excluding hydrogens is 264 g/mol. The summed E-state index contributed by atoms with van der Waals surface area (Å²) in [6.07, 6.45) is 1.55. The van der Waals surface area contributed by atoms with E-state index in [1.54, 1.807) is 23.5 Å². The first-order chi connectivity index (χ1) is 8.85. The van der Waals surface area contributed by atoms with E-state index >= 15 is 0 Å². The zero-order valence-corrected chi connectivity index (χ0v) is 12.7. The second-order valence-electron chi connectivity index (χ2n) is 5.03. The van der Waals surface area contributed by atoms with Gasteiger partial charge in [-0.05, 0) is 44.0 Å². The fourth-order valence-corrected chi connectivity index (χ4v) is 2.63. The molecule has 0 radical (unpaired) electrons. The minimum absolute atomic E-state index is 0.216. The smallest absolute Gasteiger partial charge is 0.237 e. The zero-order chi connectivity index (χ0) is 14.5. The predicted octanol–water partition coefficient (Wildman–Crippen LogP) is 0.324. The van der Waals surface area contributed by atoms with E-state index in [1.807, 2.05) is 20.8 Å². The number of nitrogens with two attached hydrogens (primary N) is 1. The van der Waals surface area contributed by atoms with Gasteiger partial charge in [0.15, 0.2) is 0 Å². The second kappa shape index (κ2) is 6.85. The van der Waals surface area contributed by atoms with Crippen LogP contribution in [0.4, 0.5) is 0 Å². The summed E-state index contributed by atoms with van der Waals surface area (Å²) in [5.74, 6) is 0.531. The number of hydrogen-bond acceptors (Lipinski definition) is 6. The van der Waals surface area contributed by atoms with E-state index in [2.05, 4.69) is 20.8 Å². The first kappa shape index (κ1) is 15.9. The zero-order valence-electron chi connectivity index (χ0n) is 11.9. The quantitative estimate of drug-likeness (QED) is 0.527. The molecule has 1 aromatic heterocycles. The highest BCUT2D eigenvalue weighted by molar-refractivity contribution is 7.99. The van der Waals surface area contributed by atoms with Crippen molar-refractivity contribution in [3.05, 3.63) is 0 Å². The summed E-state index contributed by atoms with van der Waals surface area (Å²) < 4.78 is 1.63. The van der Waals surface area contributed by atoms with Crippen LogP contribution in [-0.2, 0) is 11.8 Å². The monoisotopic (exact) mass is 286 g/mol. The van der Waals surface area contributed by atoms with Crippen LogP contribution in [0, 0.1) is 0 Å². The van der Waals surface area contributed by atoms with Gasteiger partial charge in [0.05, 0.1) is 5.54 Å². The van der Waals surface area contributed by atoms with E-state index < -0.39 is 5.54 Å². The molecule has 1 amide bonds. The van der Waals surface area contributed by atoms with Gasteiger partial charge in [-0.15, -0.1) is 5.10 Å². The highest BCUT2D eigenvalue weighted by Gasteiger charge is 2.30. The molecule has 0 aliphatic carbocycles. The number of carbonyl (C=O) groups is 1. The van der Waals surface area contributed by atoms with Crippen molar-refractivity contribution in [2.75, 3.05) is 5.75 Å². The average molecular weight is 286 g/mol. The van der Waals surface area contributed by atoms with Gasteiger partial charge in [0, 0.05) is 18.8 Å². The summed E-state index contributed by atoms with van der Waals surface area (Å²) in [6, 6.07) is 0.216. The number of rotatable bonds is 8. The van der Waals surface area contributed by atoms with Crippen LogP contribution < -0.4 is 11.1 Å². The molecule has 1 rings (SSSR count). The first-order valence-electron chi connectivity index (χ1n) is 6.28. The standard InChI is InChI=1S/C11H22N6OS/c1-8(2)13-11(3,9(12)18)6-5-7-19-10-14-15-16-17(10)4/h8,13H,5-7H2,1-4H3,(H2,12,18). The van der Waals surface area contributed by atoms with Crippen molar-refractivity contribution >= 4 is 17.7 Å². The molecule has 7 nitrogen and oxygen atoms in total. The van der Waals surface area contributed by atoms with Crippen LogP contribution in [0.2, 0.25) is 0 Å². The van der Waals surface area contributed by atoms with Gasteiger partial charge in [-0.25, -0.2) is 4.68 Å². The van der Waals surface area contributed by atoms with Crippen molar-refractivity contribution in [1.82, 2.24) is 25.5 Å². The molecule has 0 spiro atoms. The molecule has 0 bridgehead atoms. The lowest BCUT2D eigenvalue weighted by Gasteiger charge is -2.29. The second-order valence-corrected chi connectivity index (χ2v) is 6.09. The van der Waals surface area contributed by atoms with Gasteiger partial charge < -0.3 is 11.1 Å². The summed E-state index contributed by atoms with van der Waals surface area (Å²) in [5.41, 5.74) is 4.82. The average Bonchev–Trinajstić information content (AvgIpc) is 2.69. The van der Waals surface area contributed by atoms with Gasteiger partial charge in [-0.1, -0.05) is 11.8 Å². The Bertz CT molecular complexity index is 421. The maximum absolute atomic E-state index is 11.6. The fourth-order valence-electron chi connectivity index (χ4n) is 1.84. The third-order valence-corrected chi connectivity index (χ3v) is 3.88. The molecule has 0 aromatic carbocycles. The van der Waals surface area contributed by atoms with Crippen LogP contribution in [0.1, 0.15) is 33.6 Å². The maximum Gasteiger partial charge on any atom is 0.237 e. The Balaban J connectivity index is 2.41. The number of tetrazole rings is 1. The number of nitrogens with one attached hydrogen (secondary N) is 1. The minimum atomic E-state index is -0.660. The Morgan fingerprint density at radius 2 is 2.26 bits per heavy atom. The Hall–Kier alpha value is -1.15. The Labute approximate surface area is 117 Å². The number of amides is 1. The van der Waals surface area contributed by atoms with Crippen molar-refractivity contribution in [2.45, 2.75) is 50.4 Å². The van der Waals surface area contributed by atoms with Gasteiger partial charge in [0.2, 0.25) is 11.1 Å². The van der Waals surface area contributed by atoms with E-state index in [1.165, 1.54) is 0 Å². The molecule has 0 saturated carbocycles. The van der Waals surface area contributed by atoms with Gasteiger partial charge in [0.1, 0.15) is 0 Å². The fraction of sp³-hybridized carbons (Fsp3) is 0.818. The van der Waals surface area contributed by atoms with Crippen LogP contribution in [0.5, 0.6) is 0 Å². The van der Waals surface area contributed by atoms with Gasteiger partial charge in [-0.3, -0.25) is 4.79 Å². The normalized spacial score (nSPS) is 14.6. The number of hydrogen-bond donors (Lipinski definition) is 2. The molecule has 1 heterocycles. The largest absolute Gasteiger partial charge is 0.368 e. The van der Waals surface area contributed by atoms with Crippen molar-refractivity contribution < 1.29 is 4.79 Å². The van der Waals surface area contributed by atoms with Crippen LogP contribution in [0.3, 0.4) is 0 Å². The molecule has 0 fully saturated rings. The molecule has 0 saturated heterocycles. The lowest BCUT2D eigenvalue weighted by Crippen LogP contribution is -2.55. The maximum atomic E-state index is 11.6. The summed E-state index contributed by atoms with van der Waals surface area (Å²) >= 11 is 1.57. The van der Waals surface area contributed by atoms with E-state index in [-0.39, 0.29) is 11.9 Å². The third kappa shape index (κ3) is 4.79. The molecule has 8 heteroatoms. The van der Waals surface area contributed by atoms with E-state index in [0.29, 0.717) is 6.42 Å². The van der Waals surface area contributed by atoms with Crippen molar-refractivity contribution in [3.63, 3.8) is 0 Å². The molecular formula is C11H22N6OS. The number of primary amides is 1. The van der Waals surface area contributed by atoms with Crippen LogP contribution >= 0.6 is 11.8 Å². The number of aromatic nitrogens is 4. The molecule has 1 unspecified atom stereocenters. The molecule has 0 aliphatic rings. The summed E-state index contributed by atoms with van der Waals surface area (Å²) in [4.78, 5) is 11.6. The predicted molar refractivity (Wildman–Crippen MR) is 74.6 cm³/mol. The molecule has 19 heavy (non-hydrogen) atoms. The van der Waals surface area contributed by atoms with Crippen molar-refractivity contribution in [1.29, 1.82) is 0 Å². The summed E-state index contributed by atoms with van der Waals surface area (Å²) in [5, 5.41) is 15.2. The molecule has 1 atom stereocenters. The third-order valence-electron chi connectivity index (χ3n) is 2.78. The van der Waals surface area contributed by atoms with E-state index in [9.17, 15) is 4.79 Å². The lowest BCUT2D eigenvalue weighted by molar-refractivity contribution is -0.124. The number of aryl methyl sites for hydroxylation is 1. The number of thioether (sulfide) groups is 1. The first-order valence-corrected chi connectivity index (χ1v) is 7.26. The van der Waals surface area contributed by atoms with Crippen molar-refractivity contribution in [2.24, 2.45) is 12.8 Å². The van der Waals surface area contributed by atoms with Gasteiger partial charge in [0.25, 0.3) is 0 Å². The van der Waals surface area contributed by atoms with Gasteiger partial charge >= 0.3 is 0 Å². The summed E-state index contributed by atoms with van der Waals surface area (Å²) in [7, 11) is 1.80. The van der Waals surface area contributed by atoms with E-state index in [0.717, 1.165) is 17.3 Å². The van der Waals surface area contributed by atoms with Crippen LogP contribution in [0.15, 0.2) is 5.16 Å². The molecule has 108 valence electrons. The summed E-state index contributed by atoms with van der Waals surface area (Å²) in [6.45, 7) is 5.85. The van der Waals surface area contributed by atoms with E-state index in [4.69, 9.17) is 5.73 Å². The molecule has 0 aliphatic heterocycles. The molecule has 1 aromatic rings. The van der Waals surface area contributed by atoms with Crippen LogP contribution in [-0.4, -0.2) is 43.4 Å². The minimum Gasteiger partial charge on any atom is -0.368 e. The SMILES string of the molecule is CC(C)NC(C)(CCCSc1nnnn1C)C(N)=O. The van der Waals surface area contributed by atoms with Crippen LogP contribution in [0.25, 0.3) is 0 Å². The van der Waals surface area contributed by atoms with Gasteiger partial charge in [-0.2, -0.15) is 0 Å². The van der Waals surface area contributed by atoms with Crippen molar-refractivity contribution in [3.8, 4) is 0 Å². The number of nitrogens with zero attached hydrogens (tertiary/aromatic N) is 4. The lowest BCUT2D eigenvalue weighted by atomic mass is 9.94. The Morgan fingerprint density at radius 1 is 1.58 bits per heavy atom. The topological polar surface area (TPSA) is 98.7 Å². The Kier molecular flexibility index (Phi) is 5.74. The highest BCUT2D eigenvalue weighted by atomic mass is 32.2. The highest BCUT2D eigenvalue weighted by Crippen LogP contribution is 2.19. The number of carbonyl (C=O) groups excluding carboxylic acids is 1. The molecule has 3 N–H and O–H groups in total.